The van der Waals surface area contributed by atoms with Gasteiger partial charge in [0.2, 0.25) is 0 Å². The number of nitrogens with zero attached hydrogens (tertiary/aromatic N) is 1. The molecular weight excluding hydrogens is 418 g/mol. The smallest absolute Gasteiger partial charge is 0.175 e. The summed E-state index contributed by atoms with van der Waals surface area (Å²) >= 11 is 0. The van der Waals surface area contributed by atoms with Crippen LogP contribution in [-0.4, -0.2) is 15.6 Å². The van der Waals surface area contributed by atoms with Crippen LogP contribution in [0.3, 0.4) is 0 Å². The summed E-state index contributed by atoms with van der Waals surface area (Å²) in [5.74, 6) is 2.65. The summed E-state index contributed by atoms with van der Waals surface area (Å²) in [7, 11) is 0. The Morgan fingerprint density at radius 1 is 0.647 bits per heavy atom. The van der Waals surface area contributed by atoms with Crippen LogP contribution in [0.25, 0.3) is 27.6 Å². The fourth-order valence-electron chi connectivity index (χ4n) is 6.01. The van der Waals surface area contributed by atoms with E-state index < -0.39 is 6.04 Å². The van der Waals surface area contributed by atoms with Crippen LogP contribution in [0.5, 0.6) is 0 Å². The van der Waals surface area contributed by atoms with Crippen molar-refractivity contribution in [3.8, 4) is 0 Å². The highest BCUT2D eigenvalue weighted by Crippen LogP contribution is 2.48. The fraction of sp³-hybridized carbons (Fsp3) is 0.516. The number of hydrogen-bond donors (Lipinski definition) is 2. The van der Waals surface area contributed by atoms with E-state index in [0.717, 1.165) is 11.5 Å². The molecule has 3 heteroatoms. The second kappa shape index (κ2) is 8.86. The molecule has 0 amide bonds. The minimum atomic E-state index is -0.565. The highest BCUT2D eigenvalue weighted by atomic mass is 16.8. The molecule has 3 nitrogen and oxygen atoms in total. The van der Waals surface area contributed by atoms with Crippen LogP contribution in [0, 0.1) is 11.8 Å². The molecule has 3 aromatic rings. The molecule has 0 spiro atoms. The zero-order valence-corrected chi connectivity index (χ0v) is 22.6. The van der Waals surface area contributed by atoms with Gasteiger partial charge in [0.25, 0.3) is 0 Å². The Labute approximate surface area is 205 Å². The van der Waals surface area contributed by atoms with E-state index in [4.69, 9.17) is 0 Å². The predicted octanol–water partition coefficient (Wildman–Crippen LogP) is 8.35. The molecule has 0 heterocycles. The molecule has 1 aliphatic rings. The van der Waals surface area contributed by atoms with Crippen LogP contribution in [0.2, 0.25) is 0 Å². The molecule has 182 valence electrons. The largest absolute Gasteiger partial charge is 0.287 e. The topological polar surface area (TPSA) is 43.7 Å². The molecule has 2 N–H and O–H groups in total. The molecule has 0 aromatic heterocycles. The average molecular weight is 461 g/mol. The van der Waals surface area contributed by atoms with E-state index in [0.29, 0.717) is 23.0 Å². The lowest BCUT2D eigenvalue weighted by Crippen LogP contribution is -2.35. The highest BCUT2D eigenvalue weighted by Gasteiger charge is 2.43. The molecular formula is C31H42NO2+. The van der Waals surface area contributed by atoms with Gasteiger partial charge in [0.1, 0.15) is 11.3 Å². The van der Waals surface area contributed by atoms with Crippen LogP contribution in [-0.2, 0) is 0 Å². The molecule has 0 aliphatic heterocycles. The number of benzene rings is 3. The van der Waals surface area contributed by atoms with Crippen molar-refractivity contribution in [2.24, 2.45) is 5.92 Å². The first-order chi connectivity index (χ1) is 15.9. The maximum atomic E-state index is 10.6. The second-order valence-corrected chi connectivity index (χ2v) is 11.8. The molecule has 0 saturated carbocycles. The highest BCUT2D eigenvalue weighted by molar-refractivity contribution is 6.16. The van der Waals surface area contributed by atoms with Gasteiger partial charge in [-0.05, 0) is 82.3 Å². The van der Waals surface area contributed by atoms with Crippen LogP contribution in [0.4, 0.5) is 0 Å². The average Bonchev–Trinajstić information content (AvgIpc) is 2.74. The molecule has 3 aromatic carbocycles. The summed E-state index contributed by atoms with van der Waals surface area (Å²) < 4.78 is 0. The van der Waals surface area contributed by atoms with E-state index in [9.17, 15) is 10.4 Å². The van der Waals surface area contributed by atoms with Crippen molar-refractivity contribution in [3.63, 3.8) is 0 Å². The number of hydroxylamine groups is 2. The minimum Gasteiger partial charge on any atom is -0.287 e. The van der Waals surface area contributed by atoms with Crippen molar-refractivity contribution in [1.29, 1.82) is 0 Å². The maximum absolute atomic E-state index is 10.6. The summed E-state index contributed by atoms with van der Waals surface area (Å²) in [6.45, 7) is 22.4. The predicted molar refractivity (Wildman–Crippen MR) is 144 cm³/mol. The molecule has 4 rings (SSSR count). The van der Waals surface area contributed by atoms with Crippen molar-refractivity contribution in [3.05, 3.63) is 57.2 Å². The lowest BCUT2D eigenvalue weighted by molar-refractivity contribution is -0.331. The van der Waals surface area contributed by atoms with Gasteiger partial charge in [-0.1, -0.05) is 61.5 Å². The van der Waals surface area contributed by atoms with E-state index in [-0.39, 0.29) is 11.8 Å². The van der Waals surface area contributed by atoms with Gasteiger partial charge in [0.15, 0.2) is 6.04 Å². The summed E-state index contributed by atoms with van der Waals surface area (Å²) in [5.41, 5.74) is 6.38. The Morgan fingerprint density at radius 2 is 1.12 bits per heavy atom. The first-order valence-electron chi connectivity index (χ1n) is 13.0. The summed E-state index contributed by atoms with van der Waals surface area (Å²) in [4.78, 5) is 0. The van der Waals surface area contributed by atoms with Gasteiger partial charge in [0, 0.05) is 22.4 Å². The minimum absolute atomic E-state index is 0.186. The van der Waals surface area contributed by atoms with Crippen molar-refractivity contribution < 1.29 is 10.4 Å². The first-order valence-corrected chi connectivity index (χ1v) is 13.0. The SMILES string of the molecule is CC(C)c1cc2c(C(C)C)cc(C(C)C)c3cc(C(C)C)c4c(c1C(N(O)O)[C+](C(C)C)C=4)c23. The van der Waals surface area contributed by atoms with Gasteiger partial charge in [-0.15, -0.1) is 0 Å². The van der Waals surface area contributed by atoms with Gasteiger partial charge in [-0.3, -0.25) is 10.4 Å². The quantitative estimate of drug-likeness (QED) is 0.287. The maximum Gasteiger partial charge on any atom is 0.175 e. The second-order valence-electron chi connectivity index (χ2n) is 11.8. The lowest BCUT2D eigenvalue weighted by atomic mass is 9.71. The Balaban J connectivity index is 2.40. The first kappa shape index (κ1) is 25.0. The van der Waals surface area contributed by atoms with Gasteiger partial charge < -0.3 is 0 Å². The Morgan fingerprint density at radius 3 is 1.53 bits per heavy atom. The third-order valence-electron chi connectivity index (χ3n) is 7.77. The van der Waals surface area contributed by atoms with Gasteiger partial charge in [0.05, 0.1) is 11.3 Å². The number of hydrogen-bond acceptors (Lipinski definition) is 3. The van der Waals surface area contributed by atoms with Crippen molar-refractivity contribution in [2.45, 2.75) is 99.0 Å². The van der Waals surface area contributed by atoms with Crippen LogP contribution in [0.1, 0.15) is 127 Å². The van der Waals surface area contributed by atoms with E-state index in [2.05, 4.69) is 93.5 Å². The van der Waals surface area contributed by atoms with Crippen molar-refractivity contribution >= 4 is 27.6 Å². The van der Waals surface area contributed by atoms with Crippen molar-refractivity contribution in [1.82, 2.24) is 5.23 Å². The standard InChI is InChI=1S/C31H42NO2/c1-15(2)20-11-21(16(3)4)26-13-23(18(7)8)30-29-27(14-24(19(9)10)31(30)32(33)34)22(17(5)6)12-25(20)28(26)29/h11-19,31,33-34H,1-10H3/q+1. The van der Waals surface area contributed by atoms with E-state index in [1.54, 1.807) is 0 Å². The van der Waals surface area contributed by atoms with Crippen LogP contribution in [0.15, 0.2) is 18.2 Å². The lowest BCUT2D eigenvalue weighted by Gasteiger charge is -2.32. The normalized spacial score (nSPS) is 16.5. The Kier molecular flexibility index (Phi) is 6.52. The number of rotatable bonds is 6. The third kappa shape index (κ3) is 3.73. The molecule has 0 fully saturated rings. The van der Waals surface area contributed by atoms with E-state index in [1.807, 2.05) is 0 Å². The zero-order valence-electron chi connectivity index (χ0n) is 22.6. The Hall–Kier alpha value is -2.07. The zero-order chi connectivity index (χ0) is 25.2. The van der Waals surface area contributed by atoms with E-state index >= 15 is 0 Å². The summed E-state index contributed by atoms with van der Waals surface area (Å²) in [6, 6.07) is 6.65. The molecule has 34 heavy (non-hydrogen) atoms. The Bertz CT molecular complexity index is 1250. The molecule has 0 saturated heterocycles. The van der Waals surface area contributed by atoms with E-state index in [1.165, 1.54) is 49.0 Å². The van der Waals surface area contributed by atoms with Crippen LogP contribution >= 0.6 is 0 Å². The molecule has 1 unspecified atom stereocenters. The fourth-order valence-corrected chi connectivity index (χ4v) is 6.01. The monoisotopic (exact) mass is 460 g/mol. The molecule has 1 aliphatic carbocycles. The molecule has 0 bridgehead atoms. The van der Waals surface area contributed by atoms with Gasteiger partial charge in [-0.2, -0.15) is 0 Å². The third-order valence-corrected chi connectivity index (χ3v) is 7.77. The van der Waals surface area contributed by atoms with Crippen molar-refractivity contribution in [2.75, 3.05) is 0 Å². The summed E-state index contributed by atoms with van der Waals surface area (Å²) in [6.07, 6.45) is 2.26. The van der Waals surface area contributed by atoms with Gasteiger partial charge >= 0.3 is 0 Å². The molecule has 1 atom stereocenters. The van der Waals surface area contributed by atoms with Gasteiger partial charge in [-0.25, -0.2) is 0 Å². The van der Waals surface area contributed by atoms with Crippen LogP contribution < -0.4 is 5.22 Å². The summed E-state index contributed by atoms with van der Waals surface area (Å²) in [5, 5.41) is 28.0. The molecule has 0 radical (unpaired) electrons.